The molecule has 1 heterocycles. The number of aromatic nitrogens is 1. The molecule has 3 nitrogen and oxygen atoms in total. The molecular weight excluding hydrogens is 347 g/mol. The van der Waals surface area contributed by atoms with E-state index in [2.05, 4.69) is 10.3 Å². The molecule has 1 aromatic heterocycles. The van der Waals surface area contributed by atoms with Gasteiger partial charge >= 0.3 is 0 Å². The van der Waals surface area contributed by atoms with Crippen LogP contribution in [0, 0.1) is 12.7 Å². The highest BCUT2D eigenvalue weighted by Gasteiger charge is 2.12. The molecule has 0 unspecified atom stereocenters. The summed E-state index contributed by atoms with van der Waals surface area (Å²) in [7, 11) is 0. The molecule has 2 aromatic carbocycles. The number of halogens is 2. The van der Waals surface area contributed by atoms with Crippen LogP contribution >= 0.6 is 22.9 Å². The van der Waals surface area contributed by atoms with Crippen LogP contribution in [-0.4, -0.2) is 10.9 Å². The third kappa shape index (κ3) is 3.80. The summed E-state index contributed by atoms with van der Waals surface area (Å²) in [5, 5.41) is 5.99. The van der Waals surface area contributed by atoms with Crippen LogP contribution in [0.25, 0.3) is 11.3 Å². The largest absolute Gasteiger partial charge is 0.326 e. The smallest absolute Gasteiger partial charge is 0.228 e. The van der Waals surface area contributed by atoms with Crippen molar-refractivity contribution in [3.63, 3.8) is 0 Å². The molecule has 0 aliphatic heterocycles. The minimum Gasteiger partial charge on any atom is -0.326 e. The first kappa shape index (κ1) is 16.6. The predicted octanol–water partition coefficient (Wildman–Crippen LogP) is 5.09. The molecule has 0 radical (unpaired) electrons. The molecule has 0 saturated heterocycles. The summed E-state index contributed by atoms with van der Waals surface area (Å²) in [5.74, 6) is -0.800. The Labute approximate surface area is 148 Å². The van der Waals surface area contributed by atoms with E-state index in [4.69, 9.17) is 11.6 Å². The second kappa shape index (κ2) is 7.11. The average Bonchev–Trinajstić information content (AvgIpc) is 2.98. The number of amides is 1. The Kier molecular flexibility index (Phi) is 4.92. The number of thiazole rings is 1. The van der Waals surface area contributed by atoms with Crippen LogP contribution in [0.4, 0.5) is 10.1 Å². The first-order chi connectivity index (χ1) is 11.5. The molecule has 6 heteroatoms. The first-order valence-electron chi connectivity index (χ1n) is 7.28. The van der Waals surface area contributed by atoms with Crippen molar-refractivity contribution >= 4 is 34.5 Å². The van der Waals surface area contributed by atoms with Gasteiger partial charge in [-0.3, -0.25) is 4.79 Å². The van der Waals surface area contributed by atoms with Gasteiger partial charge < -0.3 is 5.32 Å². The van der Waals surface area contributed by atoms with E-state index in [0.29, 0.717) is 5.69 Å². The van der Waals surface area contributed by atoms with Gasteiger partial charge in [0.25, 0.3) is 0 Å². The van der Waals surface area contributed by atoms with Gasteiger partial charge in [0.2, 0.25) is 5.91 Å². The molecule has 24 heavy (non-hydrogen) atoms. The molecular formula is C18H14ClFN2OS. The Morgan fingerprint density at radius 1 is 1.25 bits per heavy atom. The highest BCUT2D eigenvalue weighted by molar-refractivity contribution is 7.09. The summed E-state index contributed by atoms with van der Waals surface area (Å²) in [6.07, 6.45) is -0.113. The lowest BCUT2D eigenvalue weighted by molar-refractivity contribution is -0.115. The molecule has 1 N–H and O–H groups in total. The Bertz CT molecular complexity index is 857. The van der Waals surface area contributed by atoms with Crippen molar-refractivity contribution in [2.75, 3.05) is 5.32 Å². The SMILES string of the molecule is Cc1nc(-c2ccc(NC(=O)Cc3c(F)cccc3Cl)cc2)cs1. The van der Waals surface area contributed by atoms with Crippen molar-refractivity contribution in [3.8, 4) is 11.3 Å². The number of benzene rings is 2. The Hall–Kier alpha value is -2.24. The van der Waals surface area contributed by atoms with E-state index < -0.39 is 5.82 Å². The number of carbonyl (C=O) groups excluding carboxylic acids is 1. The van der Waals surface area contributed by atoms with Crippen LogP contribution in [0.15, 0.2) is 47.8 Å². The number of carbonyl (C=O) groups is 1. The number of hydrogen-bond acceptors (Lipinski definition) is 3. The number of hydrogen-bond donors (Lipinski definition) is 1. The van der Waals surface area contributed by atoms with Gasteiger partial charge in [-0.25, -0.2) is 9.37 Å². The zero-order chi connectivity index (χ0) is 17.1. The fourth-order valence-electron chi connectivity index (χ4n) is 2.29. The molecule has 1 amide bonds. The summed E-state index contributed by atoms with van der Waals surface area (Å²) >= 11 is 7.53. The second-order valence-corrected chi connectivity index (χ2v) is 6.72. The van der Waals surface area contributed by atoms with Gasteiger partial charge in [0.05, 0.1) is 17.1 Å². The Morgan fingerprint density at radius 2 is 2.00 bits per heavy atom. The van der Waals surface area contributed by atoms with Crippen molar-refractivity contribution in [1.82, 2.24) is 4.98 Å². The van der Waals surface area contributed by atoms with Gasteiger partial charge in [-0.2, -0.15) is 0 Å². The molecule has 0 bridgehead atoms. The van der Waals surface area contributed by atoms with Crippen LogP contribution < -0.4 is 5.32 Å². The third-order valence-corrected chi connectivity index (χ3v) is 4.61. The van der Waals surface area contributed by atoms with Crippen LogP contribution in [0.2, 0.25) is 5.02 Å². The molecule has 0 saturated carbocycles. The number of rotatable bonds is 4. The van der Waals surface area contributed by atoms with Crippen molar-refractivity contribution < 1.29 is 9.18 Å². The van der Waals surface area contributed by atoms with Gasteiger partial charge in [0, 0.05) is 27.2 Å². The van der Waals surface area contributed by atoms with E-state index >= 15 is 0 Å². The lowest BCUT2D eigenvalue weighted by atomic mass is 10.1. The maximum atomic E-state index is 13.7. The standard InChI is InChI=1S/C18H14ClFN2OS/c1-11-21-17(10-24-11)12-5-7-13(8-6-12)22-18(23)9-14-15(19)3-2-4-16(14)20/h2-8,10H,9H2,1H3,(H,22,23). The third-order valence-electron chi connectivity index (χ3n) is 3.48. The molecule has 0 atom stereocenters. The zero-order valence-corrected chi connectivity index (χ0v) is 14.4. The maximum Gasteiger partial charge on any atom is 0.228 e. The minimum atomic E-state index is -0.480. The highest BCUT2D eigenvalue weighted by atomic mass is 35.5. The summed E-state index contributed by atoms with van der Waals surface area (Å²) in [4.78, 5) is 16.5. The maximum absolute atomic E-state index is 13.7. The van der Waals surface area contributed by atoms with Crippen LogP contribution in [0.5, 0.6) is 0 Å². The molecule has 122 valence electrons. The second-order valence-electron chi connectivity index (χ2n) is 5.25. The first-order valence-corrected chi connectivity index (χ1v) is 8.54. The van der Waals surface area contributed by atoms with Crippen LogP contribution in [0.3, 0.4) is 0 Å². The van der Waals surface area contributed by atoms with E-state index in [1.165, 1.54) is 12.1 Å². The highest BCUT2D eigenvalue weighted by Crippen LogP contribution is 2.24. The summed E-state index contributed by atoms with van der Waals surface area (Å²) in [6, 6.07) is 11.7. The molecule has 0 aliphatic rings. The number of nitrogens with zero attached hydrogens (tertiary/aromatic N) is 1. The van der Waals surface area contributed by atoms with Crippen LogP contribution in [-0.2, 0) is 11.2 Å². The monoisotopic (exact) mass is 360 g/mol. The van der Waals surface area contributed by atoms with Crippen molar-refractivity contribution in [3.05, 3.63) is 69.3 Å². The molecule has 0 spiro atoms. The fourth-order valence-corrected chi connectivity index (χ4v) is 3.14. The topological polar surface area (TPSA) is 42.0 Å². The summed E-state index contributed by atoms with van der Waals surface area (Å²) in [5.41, 5.74) is 2.73. The average molecular weight is 361 g/mol. The molecule has 0 aliphatic carbocycles. The molecule has 3 rings (SSSR count). The Balaban J connectivity index is 1.69. The van der Waals surface area contributed by atoms with E-state index in [1.807, 2.05) is 24.4 Å². The lowest BCUT2D eigenvalue weighted by Crippen LogP contribution is -2.15. The van der Waals surface area contributed by atoms with Gasteiger partial charge in [-0.1, -0.05) is 29.8 Å². The number of nitrogens with one attached hydrogen (secondary N) is 1. The van der Waals surface area contributed by atoms with Crippen molar-refractivity contribution in [2.45, 2.75) is 13.3 Å². The molecule has 3 aromatic rings. The van der Waals surface area contributed by atoms with Crippen LogP contribution in [0.1, 0.15) is 10.6 Å². The van der Waals surface area contributed by atoms with E-state index in [9.17, 15) is 9.18 Å². The van der Waals surface area contributed by atoms with Crippen molar-refractivity contribution in [1.29, 1.82) is 0 Å². The quantitative estimate of drug-likeness (QED) is 0.704. The van der Waals surface area contributed by atoms with E-state index in [-0.39, 0.29) is 22.9 Å². The number of aryl methyl sites for hydroxylation is 1. The fraction of sp³-hybridized carbons (Fsp3) is 0.111. The van der Waals surface area contributed by atoms with Gasteiger partial charge in [0.15, 0.2) is 0 Å². The minimum absolute atomic E-state index is 0.113. The predicted molar refractivity (Wildman–Crippen MR) is 96.0 cm³/mol. The summed E-state index contributed by atoms with van der Waals surface area (Å²) < 4.78 is 13.7. The molecule has 0 fully saturated rings. The van der Waals surface area contributed by atoms with Gasteiger partial charge in [0.1, 0.15) is 5.82 Å². The Morgan fingerprint density at radius 3 is 2.62 bits per heavy atom. The van der Waals surface area contributed by atoms with Gasteiger partial charge in [-0.15, -0.1) is 11.3 Å². The lowest BCUT2D eigenvalue weighted by Gasteiger charge is -2.08. The zero-order valence-electron chi connectivity index (χ0n) is 12.8. The number of anilines is 1. The summed E-state index contributed by atoms with van der Waals surface area (Å²) in [6.45, 7) is 1.95. The van der Waals surface area contributed by atoms with E-state index in [1.54, 1.807) is 29.5 Å². The normalized spacial score (nSPS) is 10.6. The van der Waals surface area contributed by atoms with Gasteiger partial charge in [-0.05, 0) is 31.2 Å². The van der Waals surface area contributed by atoms with E-state index in [0.717, 1.165) is 16.3 Å². The van der Waals surface area contributed by atoms with Crippen molar-refractivity contribution in [2.24, 2.45) is 0 Å².